The molecule has 4 N–H and O–H groups in total. The molecule has 0 aliphatic carbocycles. The topological polar surface area (TPSA) is 52.0 Å². The van der Waals surface area contributed by atoms with E-state index < -0.39 is 0 Å². The van der Waals surface area contributed by atoms with Gasteiger partial charge in [-0.15, -0.1) is 0 Å². The number of nitrogens with two attached hydrogens (primary N) is 2. The fraction of sp³-hybridized carbons (Fsp3) is 0.600. The molecule has 0 saturated heterocycles. The Bertz CT molecular complexity index is 389. The van der Waals surface area contributed by atoms with Crippen molar-refractivity contribution in [3.05, 3.63) is 34.4 Å². The Balaban J connectivity index is 2.83. The van der Waals surface area contributed by atoms with E-state index in [0.717, 1.165) is 12.8 Å². The van der Waals surface area contributed by atoms with Crippen LogP contribution in [0.3, 0.4) is 0 Å². The van der Waals surface area contributed by atoms with E-state index in [2.05, 4.69) is 32.9 Å². The van der Waals surface area contributed by atoms with E-state index in [-0.39, 0.29) is 11.6 Å². The van der Waals surface area contributed by atoms with Gasteiger partial charge in [-0.3, -0.25) is 0 Å². The Morgan fingerprint density at radius 3 is 2.24 bits per heavy atom. The molecule has 1 aromatic rings. The normalized spacial score (nSPS) is 13.8. The minimum atomic E-state index is -0.134. The minimum Gasteiger partial charge on any atom is -0.326 e. The molecule has 1 rings (SSSR count). The van der Waals surface area contributed by atoms with Gasteiger partial charge in [0, 0.05) is 11.6 Å². The molecule has 0 amide bonds. The van der Waals surface area contributed by atoms with Crippen LogP contribution in [-0.4, -0.2) is 5.54 Å². The molecule has 0 bridgehead atoms. The van der Waals surface area contributed by atoms with Crippen molar-refractivity contribution in [2.75, 3.05) is 0 Å². The van der Waals surface area contributed by atoms with Gasteiger partial charge in [-0.05, 0) is 69.7 Å². The third-order valence-electron chi connectivity index (χ3n) is 3.60. The van der Waals surface area contributed by atoms with Gasteiger partial charge in [0.05, 0.1) is 0 Å². The summed E-state index contributed by atoms with van der Waals surface area (Å²) in [6, 6.07) is 4.41. The third kappa shape index (κ3) is 3.83. The second kappa shape index (κ2) is 5.19. The fourth-order valence-corrected chi connectivity index (χ4v) is 2.06. The standard InChI is InChI=1S/C15H26N2/c1-10-6-7-13(12(3)11(10)2)14(16)8-9-15(4,5)17/h6-7,14H,8-9,16-17H2,1-5H3. The van der Waals surface area contributed by atoms with Crippen LogP contribution in [0.15, 0.2) is 12.1 Å². The van der Waals surface area contributed by atoms with Gasteiger partial charge in [0.15, 0.2) is 0 Å². The van der Waals surface area contributed by atoms with Crippen molar-refractivity contribution < 1.29 is 0 Å². The monoisotopic (exact) mass is 234 g/mol. The van der Waals surface area contributed by atoms with Gasteiger partial charge in [0.1, 0.15) is 0 Å². The molecule has 2 heteroatoms. The van der Waals surface area contributed by atoms with Gasteiger partial charge in [-0.25, -0.2) is 0 Å². The Kier molecular flexibility index (Phi) is 4.34. The molecule has 0 saturated carbocycles. The number of rotatable bonds is 4. The van der Waals surface area contributed by atoms with Crippen LogP contribution in [0.2, 0.25) is 0 Å². The molecule has 17 heavy (non-hydrogen) atoms. The van der Waals surface area contributed by atoms with Crippen LogP contribution in [0.1, 0.15) is 55.0 Å². The summed E-state index contributed by atoms with van der Waals surface area (Å²) in [4.78, 5) is 0. The third-order valence-corrected chi connectivity index (χ3v) is 3.60. The van der Waals surface area contributed by atoms with E-state index in [1.165, 1.54) is 22.3 Å². The van der Waals surface area contributed by atoms with Crippen molar-refractivity contribution in [1.29, 1.82) is 0 Å². The molecule has 1 unspecified atom stereocenters. The van der Waals surface area contributed by atoms with Gasteiger partial charge in [-0.2, -0.15) is 0 Å². The zero-order chi connectivity index (χ0) is 13.2. The number of hydrogen-bond acceptors (Lipinski definition) is 2. The van der Waals surface area contributed by atoms with E-state index in [1.54, 1.807) is 0 Å². The summed E-state index contributed by atoms with van der Waals surface area (Å²) in [6.45, 7) is 10.6. The maximum Gasteiger partial charge on any atom is 0.0298 e. The number of aryl methyl sites for hydroxylation is 1. The van der Waals surface area contributed by atoms with Crippen molar-refractivity contribution >= 4 is 0 Å². The first-order chi connectivity index (χ1) is 7.72. The molecule has 2 nitrogen and oxygen atoms in total. The first-order valence-corrected chi connectivity index (χ1v) is 6.33. The maximum absolute atomic E-state index is 6.27. The molecule has 0 aromatic heterocycles. The lowest BCUT2D eigenvalue weighted by atomic mass is 9.89. The number of benzene rings is 1. The van der Waals surface area contributed by atoms with Crippen molar-refractivity contribution in [1.82, 2.24) is 0 Å². The summed E-state index contributed by atoms with van der Waals surface area (Å²) in [5.74, 6) is 0. The molecule has 0 aliphatic rings. The molecular formula is C15H26N2. The summed E-state index contributed by atoms with van der Waals surface area (Å²) in [7, 11) is 0. The van der Waals surface area contributed by atoms with Crippen LogP contribution >= 0.6 is 0 Å². The summed E-state index contributed by atoms with van der Waals surface area (Å²) in [6.07, 6.45) is 1.88. The molecule has 0 aliphatic heterocycles. The zero-order valence-corrected chi connectivity index (χ0v) is 11.8. The highest BCUT2D eigenvalue weighted by Gasteiger charge is 2.16. The lowest BCUT2D eigenvalue weighted by molar-refractivity contribution is 0.433. The number of hydrogen-bond donors (Lipinski definition) is 2. The van der Waals surface area contributed by atoms with Gasteiger partial charge in [0.2, 0.25) is 0 Å². The average molecular weight is 234 g/mol. The molecule has 1 aromatic carbocycles. The lowest BCUT2D eigenvalue weighted by Gasteiger charge is -2.23. The Morgan fingerprint density at radius 2 is 1.71 bits per heavy atom. The van der Waals surface area contributed by atoms with Crippen molar-refractivity contribution in [3.8, 4) is 0 Å². The van der Waals surface area contributed by atoms with Crippen LogP contribution in [0.25, 0.3) is 0 Å². The first-order valence-electron chi connectivity index (χ1n) is 6.33. The van der Waals surface area contributed by atoms with E-state index in [1.807, 2.05) is 13.8 Å². The van der Waals surface area contributed by atoms with Gasteiger partial charge < -0.3 is 11.5 Å². The van der Waals surface area contributed by atoms with Crippen LogP contribution in [0, 0.1) is 20.8 Å². The largest absolute Gasteiger partial charge is 0.326 e. The smallest absolute Gasteiger partial charge is 0.0298 e. The van der Waals surface area contributed by atoms with Crippen LogP contribution in [0.4, 0.5) is 0 Å². The fourth-order valence-electron chi connectivity index (χ4n) is 2.06. The lowest BCUT2D eigenvalue weighted by Crippen LogP contribution is -2.32. The van der Waals surface area contributed by atoms with Gasteiger partial charge >= 0.3 is 0 Å². The Morgan fingerprint density at radius 1 is 1.12 bits per heavy atom. The summed E-state index contributed by atoms with van der Waals surface area (Å²) in [5.41, 5.74) is 17.4. The summed E-state index contributed by atoms with van der Waals surface area (Å²) < 4.78 is 0. The summed E-state index contributed by atoms with van der Waals surface area (Å²) in [5, 5.41) is 0. The molecule has 96 valence electrons. The predicted octanol–water partition coefficient (Wildman–Crippen LogP) is 3.13. The second-order valence-corrected chi connectivity index (χ2v) is 5.86. The van der Waals surface area contributed by atoms with E-state index in [0.29, 0.717) is 0 Å². The van der Waals surface area contributed by atoms with Crippen LogP contribution in [0.5, 0.6) is 0 Å². The van der Waals surface area contributed by atoms with Crippen molar-refractivity contribution in [3.63, 3.8) is 0 Å². The maximum atomic E-state index is 6.27. The zero-order valence-electron chi connectivity index (χ0n) is 11.8. The second-order valence-electron chi connectivity index (χ2n) is 5.86. The minimum absolute atomic E-state index is 0.0946. The van der Waals surface area contributed by atoms with Crippen molar-refractivity contribution in [2.45, 2.75) is 59.0 Å². The molecule has 0 heterocycles. The van der Waals surface area contributed by atoms with Gasteiger partial charge in [0.25, 0.3) is 0 Å². The highest BCUT2D eigenvalue weighted by molar-refractivity contribution is 5.40. The summed E-state index contributed by atoms with van der Waals surface area (Å²) >= 11 is 0. The van der Waals surface area contributed by atoms with Crippen molar-refractivity contribution in [2.24, 2.45) is 11.5 Å². The van der Waals surface area contributed by atoms with E-state index in [9.17, 15) is 0 Å². The molecule has 0 fully saturated rings. The van der Waals surface area contributed by atoms with E-state index in [4.69, 9.17) is 11.5 Å². The molecular weight excluding hydrogens is 208 g/mol. The predicted molar refractivity (Wildman–Crippen MR) is 75.1 cm³/mol. The first kappa shape index (κ1) is 14.2. The van der Waals surface area contributed by atoms with Gasteiger partial charge in [-0.1, -0.05) is 12.1 Å². The quantitative estimate of drug-likeness (QED) is 0.841. The average Bonchev–Trinajstić information content (AvgIpc) is 2.22. The molecule has 0 radical (unpaired) electrons. The highest BCUT2D eigenvalue weighted by Crippen LogP contribution is 2.25. The molecule has 0 spiro atoms. The Hall–Kier alpha value is -0.860. The van der Waals surface area contributed by atoms with Crippen LogP contribution in [-0.2, 0) is 0 Å². The SMILES string of the molecule is Cc1ccc(C(N)CCC(C)(C)N)c(C)c1C. The Labute approximate surface area is 105 Å². The van der Waals surface area contributed by atoms with Crippen LogP contribution < -0.4 is 11.5 Å². The molecule has 1 atom stereocenters. The van der Waals surface area contributed by atoms with E-state index >= 15 is 0 Å². The highest BCUT2D eigenvalue weighted by atomic mass is 14.7.